The molecule has 0 saturated heterocycles. The van der Waals surface area contributed by atoms with Gasteiger partial charge in [-0.25, -0.2) is 0 Å². The molecule has 0 saturated carbocycles. The van der Waals surface area contributed by atoms with Gasteiger partial charge in [-0.1, -0.05) is 0 Å². The molecule has 0 aliphatic heterocycles. The van der Waals surface area contributed by atoms with Crippen molar-refractivity contribution in [2.45, 2.75) is 32.8 Å². The summed E-state index contributed by atoms with van der Waals surface area (Å²) in [5.41, 5.74) is 0.275. The summed E-state index contributed by atoms with van der Waals surface area (Å²) in [5, 5.41) is 0. The van der Waals surface area contributed by atoms with Gasteiger partial charge in [0.2, 0.25) is 0 Å². The van der Waals surface area contributed by atoms with Crippen LogP contribution >= 0.6 is 0 Å². The first-order valence-corrected chi connectivity index (χ1v) is 12.5. The summed E-state index contributed by atoms with van der Waals surface area (Å²) < 4.78 is 19.2. The van der Waals surface area contributed by atoms with Crippen LogP contribution in [0.4, 0.5) is 4.79 Å². The average Bonchev–Trinajstić information content (AvgIpc) is 2.51. The van der Waals surface area contributed by atoms with E-state index in [9.17, 15) is 9.59 Å². The zero-order valence-electron chi connectivity index (χ0n) is 14.4. The number of hydrogen-bond donors (Lipinski definition) is 0. The van der Waals surface area contributed by atoms with Gasteiger partial charge in [0, 0.05) is 0 Å². The average molecular weight is 525 g/mol. The molecule has 1 aromatic rings. The van der Waals surface area contributed by atoms with Gasteiger partial charge in [0.1, 0.15) is 0 Å². The summed E-state index contributed by atoms with van der Waals surface area (Å²) >= 11 is -1.32. The van der Waals surface area contributed by atoms with E-state index in [4.69, 9.17) is 12.2 Å². The van der Waals surface area contributed by atoms with Crippen molar-refractivity contribution < 1.29 is 21.7 Å². The number of methoxy groups -OCH3 is 1. The number of benzene rings is 1. The molecule has 1 rings (SSSR count). The molecule has 1 atom stereocenters. The molecule has 0 heterocycles. The number of ether oxygens (including phenoxy) is 2. The summed E-state index contributed by atoms with van der Waals surface area (Å²) in [5.74, 6) is -0.335. The molecule has 0 spiro atoms. The molecule has 7 heteroatoms. The van der Waals surface area contributed by atoms with Crippen LogP contribution in [-0.2, 0) is 20.7 Å². The van der Waals surface area contributed by atoms with Gasteiger partial charge in [0.25, 0.3) is 0 Å². The van der Waals surface area contributed by atoms with Crippen LogP contribution in [0, 0.1) is 5.92 Å². The van der Waals surface area contributed by atoms with Gasteiger partial charge in [-0.05, 0) is 20.8 Å². The number of hydrogen-bond acceptors (Lipinski definition) is 5. The van der Waals surface area contributed by atoms with Crippen LogP contribution in [0.25, 0.3) is 0 Å². The Balaban J connectivity index is 2.80. The molecule has 128 valence electrons. The van der Waals surface area contributed by atoms with Crippen LogP contribution in [0.15, 0.2) is 29.3 Å². The van der Waals surface area contributed by atoms with E-state index in [2.05, 4.69) is 9.05 Å². The fraction of sp³-hybridized carbons (Fsp3) is 0.412. The Labute approximate surface area is 154 Å². The molecule has 0 aliphatic rings. The van der Waals surface area contributed by atoms with E-state index in [1.807, 2.05) is 24.3 Å². The van der Waals surface area contributed by atoms with E-state index in [0.29, 0.717) is 6.42 Å². The van der Waals surface area contributed by atoms with E-state index in [1.165, 1.54) is 13.3 Å². The second-order valence-corrected chi connectivity index (χ2v) is 8.23. The maximum absolute atomic E-state index is 11.9. The van der Waals surface area contributed by atoms with Crippen LogP contribution < -0.4 is 2.69 Å². The summed E-state index contributed by atoms with van der Waals surface area (Å²) in [7, 11) is 1.30. The molecule has 0 aliphatic carbocycles. The number of carbonyl (C=O) groups excluding carboxylic acids is 2. The molecule has 0 fully saturated rings. The van der Waals surface area contributed by atoms with Gasteiger partial charge in [-0.15, -0.1) is 0 Å². The summed E-state index contributed by atoms with van der Waals surface area (Å²) in [6, 6.07) is 7.43. The van der Waals surface area contributed by atoms with Gasteiger partial charge >= 0.3 is 134 Å². The predicted molar refractivity (Wildman–Crippen MR) is 93.9 cm³/mol. The fourth-order valence-corrected chi connectivity index (χ4v) is 3.20. The van der Waals surface area contributed by atoms with E-state index >= 15 is 0 Å². The Morgan fingerprint density at radius 3 is 2.42 bits per heavy atom. The van der Waals surface area contributed by atoms with Crippen molar-refractivity contribution in [2.24, 2.45) is 10.9 Å². The molecule has 0 N–H and O–H groups in total. The second-order valence-electron chi connectivity index (χ2n) is 6.02. The number of esters is 1. The van der Waals surface area contributed by atoms with Crippen LogP contribution in [0.1, 0.15) is 26.3 Å². The van der Waals surface area contributed by atoms with Crippen molar-refractivity contribution in [2.75, 3.05) is 7.11 Å². The molecule has 6 nitrogen and oxygen atoms in total. The van der Waals surface area contributed by atoms with Crippen LogP contribution in [0.3, 0.4) is 0 Å². The van der Waals surface area contributed by atoms with Crippen molar-refractivity contribution >= 4 is 46.5 Å². The Morgan fingerprint density at radius 1 is 1.29 bits per heavy atom. The predicted octanol–water partition coefficient (Wildman–Crippen LogP) is 2.45. The molecular formula is C17H22NO5Tl. The van der Waals surface area contributed by atoms with Crippen molar-refractivity contribution in [1.29, 1.82) is 0 Å². The second kappa shape index (κ2) is 9.65. The summed E-state index contributed by atoms with van der Waals surface area (Å²) in [6.45, 7) is 5.24. The van der Waals surface area contributed by atoms with Crippen molar-refractivity contribution in [3.8, 4) is 5.75 Å². The third-order valence-corrected chi connectivity index (χ3v) is 4.56. The zero-order chi connectivity index (χ0) is 18.2. The van der Waals surface area contributed by atoms with Gasteiger partial charge in [0.15, 0.2) is 0 Å². The summed E-state index contributed by atoms with van der Waals surface area (Å²) in [6.07, 6.45) is 0.909. The van der Waals surface area contributed by atoms with Gasteiger partial charge in [-0.3, -0.25) is 0 Å². The van der Waals surface area contributed by atoms with Gasteiger partial charge in [-0.2, -0.15) is 0 Å². The third kappa shape index (κ3) is 7.80. The first-order chi connectivity index (χ1) is 11.2. The molecule has 24 heavy (non-hydrogen) atoms. The maximum atomic E-state index is 11.9. The molecule has 1 aromatic carbocycles. The Bertz CT molecular complexity index is 604. The first kappa shape index (κ1) is 20.5. The quantitative estimate of drug-likeness (QED) is 0.325. The van der Waals surface area contributed by atoms with Crippen molar-refractivity contribution in [3.05, 3.63) is 29.8 Å². The molecule has 1 unspecified atom stereocenters. The van der Waals surface area contributed by atoms with E-state index in [1.54, 1.807) is 20.8 Å². The number of rotatable bonds is 6. The van der Waals surface area contributed by atoms with Crippen molar-refractivity contribution in [1.82, 2.24) is 0 Å². The van der Waals surface area contributed by atoms with Gasteiger partial charge < -0.3 is 0 Å². The Hall–Kier alpha value is -1.58. The van der Waals surface area contributed by atoms with Crippen LogP contribution in [0.5, 0.6) is 5.75 Å². The standard InChI is InChI=1S/C16H21NO5.CH2.Tl/c1-16(2,3)22-15(20)17-10-12(14(19)21-4)9-11-5-7-13(18)8-6-11;;/h5-8,10,12,18H,9H2,1-4H3;1H2;/q;;+1/p-1. The topological polar surface area (TPSA) is 74.2 Å². The third-order valence-electron chi connectivity index (χ3n) is 2.86. The Kier molecular flexibility index (Phi) is 8.23. The minimum absolute atomic E-state index is 0.368. The molecular weight excluding hydrogens is 503 g/mol. The summed E-state index contributed by atoms with van der Waals surface area (Å²) in [4.78, 5) is 27.3. The normalized spacial score (nSPS) is 12.3. The Morgan fingerprint density at radius 2 is 1.92 bits per heavy atom. The van der Waals surface area contributed by atoms with Gasteiger partial charge in [0.05, 0.1) is 0 Å². The van der Waals surface area contributed by atoms with Crippen molar-refractivity contribution in [3.63, 3.8) is 0 Å². The molecule has 0 radical (unpaired) electrons. The van der Waals surface area contributed by atoms with E-state index in [-0.39, 0.29) is 0 Å². The number of aliphatic imine (C=N–C) groups is 1. The SMILES string of the molecule is [CH2]=[Tl][O]c1ccc(CC(C=NC(=O)OC(C)(C)C)C(=O)OC)cc1. The zero-order valence-corrected chi connectivity index (χ0v) is 18.9. The number of nitrogens with zero attached hydrogens (tertiary/aromatic N) is 1. The minimum atomic E-state index is -1.32. The molecule has 1 amide bonds. The molecule has 0 bridgehead atoms. The fourth-order valence-electron chi connectivity index (χ4n) is 1.84. The number of carbonyl (C=O) groups is 2. The molecule has 0 aromatic heterocycles. The number of amides is 1. The van der Waals surface area contributed by atoms with Crippen LogP contribution in [-0.4, -0.2) is 59.2 Å². The van der Waals surface area contributed by atoms with E-state index < -0.39 is 47.8 Å². The van der Waals surface area contributed by atoms with Crippen LogP contribution in [0.2, 0.25) is 0 Å². The first-order valence-electron chi connectivity index (χ1n) is 7.46. The van der Waals surface area contributed by atoms with E-state index in [0.717, 1.165) is 11.3 Å². The monoisotopic (exact) mass is 525 g/mol.